The molecular weight excluding hydrogens is 873 g/mol. The normalized spacial score (nSPS) is 11.8. The Labute approximate surface area is 408 Å². The second-order valence-corrected chi connectivity index (χ2v) is 19.0. The van der Waals surface area contributed by atoms with E-state index < -0.39 is 0 Å². The van der Waals surface area contributed by atoms with Crippen LogP contribution in [0.1, 0.15) is 5.56 Å². The van der Waals surface area contributed by atoms with Crippen LogP contribution < -0.4 is 9.80 Å². The van der Waals surface area contributed by atoms with Gasteiger partial charge in [0.1, 0.15) is 11.2 Å². The number of para-hydroxylation sites is 5. The largest absolute Gasteiger partial charge is 0.454 e. The lowest BCUT2D eigenvalue weighted by atomic mass is 9.95. The van der Waals surface area contributed by atoms with Crippen LogP contribution in [-0.2, 0) is 0 Å². The highest BCUT2D eigenvalue weighted by molar-refractivity contribution is 7.26. The number of anilines is 6. The van der Waals surface area contributed by atoms with E-state index in [2.05, 4.69) is 253 Å². The number of hydrogen-bond acceptors (Lipinski definition) is 5. The Bertz CT molecular complexity index is 4340. The average molecular weight is 915 g/mol. The Morgan fingerprint density at radius 1 is 0.343 bits per heavy atom. The molecule has 0 fully saturated rings. The summed E-state index contributed by atoms with van der Waals surface area (Å²) in [6.07, 6.45) is 0. The van der Waals surface area contributed by atoms with Crippen LogP contribution in [0.25, 0.3) is 97.1 Å². The summed E-state index contributed by atoms with van der Waals surface area (Å²) in [6.45, 7) is 2.19. The molecule has 0 N–H and O–H groups in total. The van der Waals surface area contributed by atoms with E-state index in [4.69, 9.17) is 8.83 Å². The Kier molecular flexibility index (Phi) is 9.26. The van der Waals surface area contributed by atoms with Gasteiger partial charge < -0.3 is 18.6 Å². The summed E-state index contributed by atoms with van der Waals surface area (Å²) in [5.74, 6) is 0. The van der Waals surface area contributed by atoms with Crippen molar-refractivity contribution >= 4 is 120 Å². The summed E-state index contributed by atoms with van der Waals surface area (Å²) in [4.78, 5) is 5.00. The van der Waals surface area contributed by atoms with Gasteiger partial charge in [-0.1, -0.05) is 194 Å². The number of thiophene rings is 1. The van der Waals surface area contributed by atoms with Crippen molar-refractivity contribution in [3.8, 4) is 22.3 Å². The molecule has 0 bridgehead atoms. The summed E-state index contributed by atoms with van der Waals surface area (Å²) >= 11 is 1.84. The summed E-state index contributed by atoms with van der Waals surface area (Å²) in [5.41, 5.74) is 15.2. The second-order valence-electron chi connectivity index (χ2n) is 18.0. The predicted octanol–water partition coefficient (Wildman–Crippen LogP) is 19.6. The molecule has 0 saturated heterocycles. The molecule has 11 aromatic carbocycles. The first-order chi connectivity index (χ1) is 34.7. The van der Waals surface area contributed by atoms with Crippen molar-refractivity contribution in [2.45, 2.75) is 6.92 Å². The SMILES string of the molecule is Cc1ccc(-c2ccccc2)c(N(c2cccc3c2oc2ccccc23)c2c3ccccc3c(N(c3ccccc3-c3ccccc3)c3cccc4c3oc3ccccc34)c3c2sc2ccccc23)c1. The van der Waals surface area contributed by atoms with E-state index >= 15 is 0 Å². The summed E-state index contributed by atoms with van der Waals surface area (Å²) < 4.78 is 16.4. The number of fused-ring (bicyclic) bond motifs is 10. The summed E-state index contributed by atoms with van der Waals surface area (Å²) in [7, 11) is 0. The van der Waals surface area contributed by atoms with E-state index in [-0.39, 0.29) is 0 Å². The quantitative estimate of drug-likeness (QED) is 0.142. The van der Waals surface area contributed by atoms with Gasteiger partial charge in [-0.05, 0) is 66.1 Å². The van der Waals surface area contributed by atoms with Crippen LogP contribution in [0.3, 0.4) is 0 Å². The fraction of sp³-hybridized carbons (Fsp3) is 0.0154. The van der Waals surface area contributed by atoms with Crippen molar-refractivity contribution in [2.75, 3.05) is 9.80 Å². The molecule has 0 aliphatic rings. The zero-order valence-corrected chi connectivity index (χ0v) is 39.0. The molecule has 0 radical (unpaired) electrons. The molecule has 0 amide bonds. The van der Waals surface area contributed by atoms with Crippen LogP contribution >= 0.6 is 11.3 Å². The van der Waals surface area contributed by atoms with Crippen LogP contribution in [0.2, 0.25) is 0 Å². The topological polar surface area (TPSA) is 32.8 Å². The summed E-state index contributed by atoms with van der Waals surface area (Å²) in [6, 6.07) is 85.0. The third kappa shape index (κ3) is 6.22. The van der Waals surface area contributed by atoms with Crippen molar-refractivity contribution in [3.63, 3.8) is 0 Å². The van der Waals surface area contributed by atoms with Crippen molar-refractivity contribution in [2.24, 2.45) is 0 Å². The molecule has 3 aromatic heterocycles. The average Bonchev–Trinajstić information content (AvgIpc) is 4.12. The molecule has 0 atom stereocenters. The van der Waals surface area contributed by atoms with Gasteiger partial charge in [-0.15, -0.1) is 11.3 Å². The zero-order chi connectivity index (χ0) is 46.3. The molecule has 0 unspecified atom stereocenters. The maximum Gasteiger partial charge on any atom is 0.159 e. The Balaban J connectivity index is 1.18. The van der Waals surface area contributed by atoms with E-state index in [9.17, 15) is 0 Å². The van der Waals surface area contributed by atoms with Gasteiger partial charge in [-0.25, -0.2) is 0 Å². The molecule has 3 heterocycles. The minimum atomic E-state index is 0.831. The fourth-order valence-corrected chi connectivity index (χ4v) is 12.1. The van der Waals surface area contributed by atoms with Gasteiger partial charge in [-0.2, -0.15) is 0 Å². The Morgan fingerprint density at radius 2 is 0.800 bits per heavy atom. The van der Waals surface area contributed by atoms with Gasteiger partial charge in [0.15, 0.2) is 11.2 Å². The monoisotopic (exact) mass is 914 g/mol. The van der Waals surface area contributed by atoms with Crippen LogP contribution in [0, 0.1) is 6.92 Å². The molecule has 0 saturated carbocycles. The molecular formula is C65H42N2O2S. The number of nitrogens with zero attached hydrogens (tertiary/aromatic N) is 2. The molecule has 0 spiro atoms. The lowest BCUT2D eigenvalue weighted by Crippen LogP contribution is -2.15. The van der Waals surface area contributed by atoms with Gasteiger partial charge >= 0.3 is 0 Å². The van der Waals surface area contributed by atoms with Crippen molar-refractivity contribution in [3.05, 3.63) is 242 Å². The lowest BCUT2D eigenvalue weighted by Gasteiger charge is -2.33. The highest BCUT2D eigenvalue weighted by Crippen LogP contribution is 2.58. The van der Waals surface area contributed by atoms with Crippen molar-refractivity contribution in [1.82, 2.24) is 0 Å². The van der Waals surface area contributed by atoms with Gasteiger partial charge in [-0.3, -0.25) is 0 Å². The summed E-state index contributed by atoms with van der Waals surface area (Å²) in [5, 5.41) is 8.85. The number of aryl methyl sites for hydroxylation is 1. The van der Waals surface area contributed by atoms with E-state index in [0.717, 1.165) is 127 Å². The molecule has 14 rings (SSSR count). The lowest BCUT2D eigenvalue weighted by molar-refractivity contribution is 0.669. The highest BCUT2D eigenvalue weighted by atomic mass is 32.1. The molecule has 5 heteroatoms. The third-order valence-electron chi connectivity index (χ3n) is 13.9. The number of hydrogen-bond donors (Lipinski definition) is 0. The Morgan fingerprint density at radius 3 is 1.43 bits per heavy atom. The van der Waals surface area contributed by atoms with Crippen LogP contribution in [0.15, 0.2) is 245 Å². The standard InChI is InChI=1S/C65H42N2O2S/c1-41-38-39-45(43-22-6-3-7-23-43)56(40-41)67(55-34-19-31-51-47-26-12-16-36-58(47)69-64(51)55)62-49-28-9-8-27-48(49)61(60-52-29-13-17-37-59(52)70-65(60)62)66(53-32-14-10-24-44(53)42-20-4-2-5-21-42)54-33-18-30-50-46-25-11-15-35-57(46)68-63(50)54/h2-40H,1H3. The van der Waals surface area contributed by atoms with Crippen LogP contribution in [-0.4, -0.2) is 0 Å². The zero-order valence-electron chi connectivity index (χ0n) is 38.1. The highest BCUT2D eigenvalue weighted by Gasteiger charge is 2.32. The first kappa shape index (κ1) is 40.2. The molecule has 70 heavy (non-hydrogen) atoms. The van der Waals surface area contributed by atoms with Gasteiger partial charge in [0.2, 0.25) is 0 Å². The maximum atomic E-state index is 7.01. The predicted molar refractivity (Wildman–Crippen MR) is 296 cm³/mol. The first-order valence-corrected chi connectivity index (χ1v) is 24.6. The van der Waals surface area contributed by atoms with Gasteiger partial charge in [0.05, 0.1) is 38.8 Å². The number of benzene rings is 11. The molecule has 4 nitrogen and oxygen atoms in total. The minimum Gasteiger partial charge on any atom is -0.454 e. The molecule has 0 aliphatic heterocycles. The minimum absolute atomic E-state index is 0.831. The molecule has 0 aliphatic carbocycles. The Hall–Kier alpha value is -8.90. The smallest absolute Gasteiger partial charge is 0.159 e. The van der Waals surface area contributed by atoms with E-state index in [1.165, 1.54) is 10.1 Å². The van der Waals surface area contributed by atoms with E-state index in [0.29, 0.717) is 0 Å². The van der Waals surface area contributed by atoms with Gasteiger partial charge in [0.25, 0.3) is 0 Å². The van der Waals surface area contributed by atoms with Crippen molar-refractivity contribution in [1.29, 1.82) is 0 Å². The first-order valence-electron chi connectivity index (χ1n) is 23.8. The number of rotatable bonds is 8. The molecule has 330 valence electrons. The van der Waals surface area contributed by atoms with E-state index in [1.54, 1.807) is 0 Å². The molecule has 14 aromatic rings. The van der Waals surface area contributed by atoms with Crippen LogP contribution in [0.4, 0.5) is 34.1 Å². The van der Waals surface area contributed by atoms with Gasteiger partial charge in [0, 0.05) is 58.9 Å². The second kappa shape index (κ2) is 16.1. The van der Waals surface area contributed by atoms with Crippen molar-refractivity contribution < 1.29 is 8.83 Å². The third-order valence-corrected chi connectivity index (χ3v) is 15.1. The van der Waals surface area contributed by atoms with E-state index in [1.807, 2.05) is 11.3 Å². The fourth-order valence-electron chi connectivity index (χ4n) is 10.8. The number of furan rings is 2. The maximum absolute atomic E-state index is 7.01. The van der Waals surface area contributed by atoms with Crippen LogP contribution in [0.5, 0.6) is 0 Å².